The molecule has 1 aromatic carbocycles. The first-order chi connectivity index (χ1) is 9.02. The fraction of sp³-hybridized carbons (Fsp3) is 0.0833. The fourth-order valence-electron chi connectivity index (χ4n) is 1.52. The van der Waals surface area contributed by atoms with Gasteiger partial charge in [0.25, 0.3) is 5.91 Å². The summed E-state index contributed by atoms with van der Waals surface area (Å²) in [6.45, 7) is 0. The number of nitrogens with one attached hydrogen (secondary N) is 1. The van der Waals surface area contributed by atoms with E-state index in [1.807, 2.05) is 6.07 Å². The number of hydrogen-bond acceptors (Lipinski definition) is 3. The lowest BCUT2D eigenvalue weighted by molar-refractivity contribution is 0.102. The van der Waals surface area contributed by atoms with E-state index in [1.54, 1.807) is 7.05 Å². The number of amides is 1. The van der Waals surface area contributed by atoms with Gasteiger partial charge in [-0.3, -0.25) is 9.48 Å². The number of benzene rings is 1. The standard InChI is InChI=1S/C12H8ClFN4O/c1-18-11(7(5-15)6-16-18)17-12(19)9-3-2-8(14)4-10(9)13/h2-4,6H,1H3,(H,17,19). The van der Waals surface area contributed by atoms with E-state index in [4.69, 9.17) is 16.9 Å². The summed E-state index contributed by atoms with van der Waals surface area (Å²) in [5, 5.41) is 15.2. The van der Waals surface area contributed by atoms with Gasteiger partial charge in [0.1, 0.15) is 23.3 Å². The minimum absolute atomic E-state index is 0.00169. The van der Waals surface area contributed by atoms with E-state index in [-0.39, 0.29) is 22.0 Å². The average Bonchev–Trinajstić information content (AvgIpc) is 2.70. The molecule has 0 spiro atoms. The number of carbonyl (C=O) groups is 1. The Bertz CT molecular complexity index is 690. The second-order valence-corrected chi connectivity index (χ2v) is 4.13. The van der Waals surface area contributed by atoms with E-state index < -0.39 is 11.7 Å². The Morgan fingerprint density at radius 3 is 2.95 bits per heavy atom. The Hall–Kier alpha value is -2.39. The van der Waals surface area contributed by atoms with Crippen molar-refractivity contribution in [2.24, 2.45) is 7.05 Å². The summed E-state index contributed by atoms with van der Waals surface area (Å²) in [5.74, 6) is -0.808. The number of anilines is 1. The number of rotatable bonds is 2. The third kappa shape index (κ3) is 2.56. The summed E-state index contributed by atoms with van der Waals surface area (Å²) < 4.78 is 14.3. The zero-order valence-electron chi connectivity index (χ0n) is 9.82. The lowest BCUT2D eigenvalue weighted by atomic mass is 10.2. The maximum atomic E-state index is 12.9. The second-order valence-electron chi connectivity index (χ2n) is 3.72. The van der Waals surface area contributed by atoms with Crippen LogP contribution < -0.4 is 5.32 Å². The van der Waals surface area contributed by atoms with Gasteiger partial charge in [0, 0.05) is 7.05 Å². The molecule has 1 N–H and O–H groups in total. The third-order valence-electron chi connectivity index (χ3n) is 2.47. The van der Waals surface area contributed by atoms with E-state index in [2.05, 4.69) is 10.4 Å². The van der Waals surface area contributed by atoms with Crippen LogP contribution in [0.5, 0.6) is 0 Å². The van der Waals surface area contributed by atoms with Crippen LogP contribution in [0.1, 0.15) is 15.9 Å². The Kier molecular flexibility index (Phi) is 3.49. The summed E-state index contributed by atoms with van der Waals surface area (Å²) in [4.78, 5) is 12.0. The molecule has 0 aliphatic carbocycles. The van der Waals surface area contributed by atoms with Crippen LogP contribution in [-0.4, -0.2) is 15.7 Å². The molecular weight excluding hydrogens is 271 g/mol. The predicted octanol–water partition coefficient (Wildman–Crippen LogP) is 2.34. The molecule has 0 fully saturated rings. The van der Waals surface area contributed by atoms with E-state index in [9.17, 15) is 9.18 Å². The molecule has 0 aliphatic heterocycles. The van der Waals surface area contributed by atoms with Crippen LogP contribution in [0.2, 0.25) is 5.02 Å². The lowest BCUT2D eigenvalue weighted by Crippen LogP contribution is -2.16. The van der Waals surface area contributed by atoms with Crippen molar-refractivity contribution in [3.8, 4) is 6.07 Å². The van der Waals surface area contributed by atoms with E-state index >= 15 is 0 Å². The van der Waals surface area contributed by atoms with E-state index in [0.717, 1.165) is 12.1 Å². The van der Waals surface area contributed by atoms with Gasteiger partial charge >= 0.3 is 0 Å². The van der Waals surface area contributed by atoms with Crippen LogP contribution in [-0.2, 0) is 7.05 Å². The Morgan fingerprint density at radius 2 is 2.32 bits per heavy atom. The van der Waals surface area contributed by atoms with E-state index in [1.165, 1.54) is 16.9 Å². The zero-order chi connectivity index (χ0) is 14.0. The quantitative estimate of drug-likeness (QED) is 0.916. The van der Waals surface area contributed by atoms with Gasteiger partial charge in [-0.2, -0.15) is 10.4 Å². The molecule has 0 atom stereocenters. The van der Waals surface area contributed by atoms with Crippen LogP contribution in [0.3, 0.4) is 0 Å². The first-order valence-corrected chi connectivity index (χ1v) is 5.59. The SMILES string of the molecule is Cn1ncc(C#N)c1NC(=O)c1ccc(F)cc1Cl. The maximum absolute atomic E-state index is 12.9. The third-order valence-corrected chi connectivity index (χ3v) is 2.78. The molecule has 1 amide bonds. The van der Waals surface area contributed by atoms with Crippen molar-refractivity contribution in [1.82, 2.24) is 9.78 Å². The molecule has 96 valence electrons. The number of aryl methyl sites for hydroxylation is 1. The van der Waals surface area contributed by atoms with Crippen LogP contribution >= 0.6 is 11.6 Å². The van der Waals surface area contributed by atoms with Gasteiger partial charge in [0.05, 0.1) is 16.8 Å². The first kappa shape index (κ1) is 13.1. The van der Waals surface area contributed by atoms with Crippen molar-refractivity contribution in [3.63, 3.8) is 0 Å². The van der Waals surface area contributed by atoms with Gasteiger partial charge in [-0.15, -0.1) is 0 Å². The monoisotopic (exact) mass is 278 g/mol. The number of carbonyl (C=O) groups excluding carboxylic acids is 1. The Balaban J connectivity index is 2.31. The molecular formula is C12H8ClFN4O. The highest BCUT2D eigenvalue weighted by Gasteiger charge is 2.15. The van der Waals surface area contributed by atoms with Crippen molar-refractivity contribution in [2.75, 3.05) is 5.32 Å². The normalized spacial score (nSPS) is 10.0. The molecule has 5 nitrogen and oxygen atoms in total. The number of nitrogens with zero attached hydrogens (tertiary/aromatic N) is 3. The van der Waals surface area contributed by atoms with Crippen LogP contribution in [0.25, 0.3) is 0 Å². The molecule has 7 heteroatoms. The topological polar surface area (TPSA) is 70.7 Å². The zero-order valence-corrected chi connectivity index (χ0v) is 10.6. The summed E-state index contributed by atoms with van der Waals surface area (Å²) in [6.07, 6.45) is 1.34. The number of nitriles is 1. The molecule has 0 radical (unpaired) electrons. The average molecular weight is 279 g/mol. The molecule has 1 heterocycles. The molecule has 19 heavy (non-hydrogen) atoms. The molecule has 0 bridgehead atoms. The summed E-state index contributed by atoms with van der Waals surface area (Å²) in [6, 6.07) is 5.36. The van der Waals surface area contributed by atoms with Crippen LogP contribution in [0.15, 0.2) is 24.4 Å². The second kappa shape index (κ2) is 5.08. The fourth-order valence-corrected chi connectivity index (χ4v) is 1.77. The maximum Gasteiger partial charge on any atom is 0.258 e. The van der Waals surface area contributed by atoms with Gasteiger partial charge in [0.2, 0.25) is 0 Å². The summed E-state index contributed by atoms with van der Waals surface area (Å²) >= 11 is 5.79. The van der Waals surface area contributed by atoms with Crippen molar-refractivity contribution in [2.45, 2.75) is 0 Å². The van der Waals surface area contributed by atoms with Gasteiger partial charge in [-0.25, -0.2) is 4.39 Å². The van der Waals surface area contributed by atoms with Crippen molar-refractivity contribution >= 4 is 23.3 Å². The minimum atomic E-state index is -0.537. The molecule has 0 saturated heterocycles. The lowest BCUT2D eigenvalue weighted by Gasteiger charge is -2.07. The van der Waals surface area contributed by atoms with Crippen molar-refractivity contribution in [3.05, 3.63) is 46.4 Å². The highest BCUT2D eigenvalue weighted by atomic mass is 35.5. The van der Waals surface area contributed by atoms with Gasteiger partial charge in [-0.1, -0.05) is 11.6 Å². The molecule has 2 aromatic rings. The number of hydrogen-bond donors (Lipinski definition) is 1. The van der Waals surface area contributed by atoms with Crippen LogP contribution in [0.4, 0.5) is 10.2 Å². The molecule has 0 unspecified atom stereocenters. The molecule has 0 saturated carbocycles. The predicted molar refractivity (Wildman–Crippen MR) is 67.3 cm³/mol. The first-order valence-electron chi connectivity index (χ1n) is 5.21. The summed E-state index contributed by atoms with van der Waals surface area (Å²) in [5.41, 5.74) is 0.349. The highest BCUT2D eigenvalue weighted by molar-refractivity contribution is 6.34. The van der Waals surface area contributed by atoms with Gasteiger partial charge < -0.3 is 5.32 Å². The Labute approximate surface area is 113 Å². The van der Waals surface area contributed by atoms with Crippen molar-refractivity contribution in [1.29, 1.82) is 5.26 Å². The molecule has 0 aliphatic rings. The highest BCUT2D eigenvalue weighted by Crippen LogP contribution is 2.20. The van der Waals surface area contributed by atoms with Gasteiger partial charge in [-0.05, 0) is 18.2 Å². The Morgan fingerprint density at radius 1 is 1.58 bits per heavy atom. The molecule has 2 rings (SSSR count). The smallest absolute Gasteiger partial charge is 0.258 e. The largest absolute Gasteiger partial charge is 0.306 e. The molecule has 1 aromatic heterocycles. The minimum Gasteiger partial charge on any atom is -0.306 e. The van der Waals surface area contributed by atoms with E-state index in [0.29, 0.717) is 0 Å². The van der Waals surface area contributed by atoms with Crippen molar-refractivity contribution < 1.29 is 9.18 Å². The number of aromatic nitrogens is 2. The number of halogens is 2. The van der Waals surface area contributed by atoms with Gasteiger partial charge in [0.15, 0.2) is 0 Å². The van der Waals surface area contributed by atoms with Crippen LogP contribution in [0, 0.1) is 17.1 Å². The summed E-state index contributed by atoms with van der Waals surface area (Å²) in [7, 11) is 1.59.